The van der Waals surface area contributed by atoms with Gasteiger partial charge in [0.05, 0.1) is 7.11 Å². The maximum atomic E-state index is 12.3. The van der Waals surface area contributed by atoms with Crippen molar-refractivity contribution in [1.82, 2.24) is 10.6 Å². The zero-order valence-electron chi connectivity index (χ0n) is 12.7. The summed E-state index contributed by atoms with van der Waals surface area (Å²) in [5, 5.41) is 6.01. The van der Waals surface area contributed by atoms with Crippen LogP contribution in [-0.2, 0) is 22.6 Å². The highest BCUT2D eigenvalue weighted by atomic mass is 16.5. The molecule has 1 amide bonds. The molecule has 0 aromatic heterocycles. The normalized spacial score (nSPS) is 14.7. The van der Waals surface area contributed by atoms with Crippen LogP contribution in [0.2, 0.25) is 0 Å². The molecule has 0 saturated heterocycles. The summed E-state index contributed by atoms with van der Waals surface area (Å²) in [6.45, 7) is 5.63. The van der Waals surface area contributed by atoms with Crippen LogP contribution < -0.4 is 10.6 Å². The van der Waals surface area contributed by atoms with E-state index in [1.54, 1.807) is 6.07 Å². The Morgan fingerprint density at radius 2 is 2.00 bits per heavy atom. The van der Waals surface area contributed by atoms with Crippen LogP contribution in [0.3, 0.4) is 0 Å². The first-order valence-electron chi connectivity index (χ1n) is 7.22. The summed E-state index contributed by atoms with van der Waals surface area (Å²) in [5.74, 6) is -0.348. The number of hydrogen-bond acceptors (Lipinski definition) is 4. The van der Waals surface area contributed by atoms with Crippen molar-refractivity contribution in [2.45, 2.75) is 39.4 Å². The van der Waals surface area contributed by atoms with Gasteiger partial charge in [0.1, 0.15) is 6.04 Å². The first kappa shape index (κ1) is 15.5. The molecule has 0 radical (unpaired) electrons. The summed E-state index contributed by atoms with van der Waals surface area (Å²) >= 11 is 0. The summed E-state index contributed by atoms with van der Waals surface area (Å²) < 4.78 is 4.76. The van der Waals surface area contributed by atoms with E-state index in [4.69, 9.17) is 4.74 Å². The van der Waals surface area contributed by atoms with Crippen LogP contribution in [0.25, 0.3) is 0 Å². The van der Waals surface area contributed by atoms with Crippen LogP contribution >= 0.6 is 0 Å². The van der Waals surface area contributed by atoms with Crippen LogP contribution in [0.1, 0.15) is 41.8 Å². The summed E-state index contributed by atoms with van der Waals surface area (Å²) in [6.07, 6.45) is 0.560. The highest BCUT2D eigenvalue weighted by Crippen LogP contribution is 2.17. The molecule has 1 aromatic carbocycles. The number of hydrogen-bond donors (Lipinski definition) is 2. The maximum absolute atomic E-state index is 12.3. The molecule has 1 unspecified atom stereocenters. The van der Waals surface area contributed by atoms with Gasteiger partial charge in [0, 0.05) is 18.7 Å². The third-order valence-electron chi connectivity index (χ3n) is 3.60. The molecule has 0 fully saturated rings. The Balaban J connectivity index is 2.09. The Morgan fingerprint density at radius 3 is 2.67 bits per heavy atom. The lowest BCUT2D eigenvalue weighted by molar-refractivity contribution is -0.143. The molecular formula is C16H22N2O3. The predicted octanol–water partition coefficient (Wildman–Crippen LogP) is 1.61. The third-order valence-corrected chi connectivity index (χ3v) is 3.60. The van der Waals surface area contributed by atoms with Gasteiger partial charge in [0.15, 0.2) is 0 Å². The van der Waals surface area contributed by atoms with Crippen LogP contribution in [-0.4, -0.2) is 25.0 Å². The molecule has 1 aliphatic heterocycles. The van der Waals surface area contributed by atoms with Crippen molar-refractivity contribution in [3.63, 3.8) is 0 Å². The van der Waals surface area contributed by atoms with E-state index >= 15 is 0 Å². The number of carbonyl (C=O) groups excluding carboxylic acids is 2. The number of carbonyl (C=O) groups is 2. The first-order chi connectivity index (χ1) is 10.0. The monoisotopic (exact) mass is 290 g/mol. The minimum atomic E-state index is -0.603. The molecule has 5 nitrogen and oxygen atoms in total. The van der Waals surface area contributed by atoms with Crippen LogP contribution in [0, 0.1) is 5.92 Å². The highest BCUT2D eigenvalue weighted by molar-refractivity contribution is 5.97. The van der Waals surface area contributed by atoms with Gasteiger partial charge in [-0.1, -0.05) is 19.9 Å². The number of methoxy groups -OCH3 is 1. The fourth-order valence-electron chi connectivity index (χ4n) is 2.51. The summed E-state index contributed by atoms with van der Waals surface area (Å²) in [6, 6.07) is 5.04. The Labute approximate surface area is 125 Å². The number of rotatable bonds is 5. The van der Waals surface area contributed by atoms with Gasteiger partial charge < -0.3 is 15.4 Å². The molecule has 1 atom stereocenters. The van der Waals surface area contributed by atoms with Crippen LogP contribution in [0.15, 0.2) is 18.2 Å². The second kappa shape index (κ2) is 6.72. The largest absolute Gasteiger partial charge is 0.467 e. The number of nitrogens with one attached hydrogen (secondary N) is 2. The van der Waals surface area contributed by atoms with Crippen molar-refractivity contribution in [3.05, 3.63) is 34.9 Å². The number of fused-ring (bicyclic) bond motifs is 1. The van der Waals surface area contributed by atoms with E-state index < -0.39 is 12.0 Å². The molecule has 1 aromatic rings. The van der Waals surface area contributed by atoms with E-state index in [0.29, 0.717) is 17.9 Å². The van der Waals surface area contributed by atoms with E-state index in [9.17, 15) is 9.59 Å². The average Bonchev–Trinajstić information content (AvgIpc) is 2.92. The zero-order chi connectivity index (χ0) is 15.4. The number of amides is 1. The lowest BCUT2D eigenvalue weighted by atomic mass is 10.0. The van der Waals surface area contributed by atoms with Gasteiger partial charge in [-0.25, -0.2) is 4.79 Å². The van der Waals surface area contributed by atoms with Crippen LogP contribution in [0.5, 0.6) is 0 Å². The van der Waals surface area contributed by atoms with E-state index in [1.807, 2.05) is 26.0 Å². The Kier molecular flexibility index (Phi) is 4.96. The van der Waals surface area contributed by atoms with E-state index in [1.165, 1.54) is 12.7 Å². The Hall–Kier alpha value is -1.88. The fraction of sp³-hybridized carbons (Fsp3) is 0.500. The Morgan fingerprint density at radius 1 is 1.29 bits per heavy atom. The maximum Gasteiger partial charge on any atom is 0.328 e. The molecule has 0 bridgehead atoms. The first-order valence-corrected chi connectivity index (χ1v) is 7.22. The molecule has 1 heterocycles. The van der Waals surface area contributed by atoms with Gasteiger partial charge in [-0.05, 0) is 35.6 Å². The molecule has 5 heteroatoms. The lowest BCUT2D eigenvalue weighted by Crippen LogP contribution is -2.42. The van der Waals surface area contributed by atoms with Crippen molar-refractivity contribution >= 4 is 11.9 Å². The third kappa shape index (κ3) is 3.82. The molecule has 114 valence electrons. The quantitative estimate of drug-likeness (QED) is 0.808. The second-order valence-corrected chi connectivity index (χ2v) is 5.77. The van der Waals surface area contributed by atoms with E-state index in [0.717, 1.165) is 18.7 Å². The van der Waals surface area contributed by atoms with E-state index in [2.05, 4.69) is 10.6 Å². The molecular weight excluding hydrogens is 268 g/mol. The molecule has 2 rings (SSSR count). The molecule has 2 N–H and O–H groups in total. The highest BCUT2D eigenvalue weighted by Gasteiger charge is 2.23. The van der Waals surface area contributed by atoms with Gasteiger partial charge in [-0.3, -0.25) is 4.79 Å². The van der Waals surface area contributed by atoms with Crippen molar-refractivity contribution in [3.8, 4) is 0 Å². The minimum Gasteiger partial charge on any atom is -0.467 e. The smallest absolute Gasteiger partial charge is 0.328 e. The van der Waals surface area contributed by atoms with Crippen molar-refractivity contribution in [2.24, 2.45) is 5.92 Å². The number of esters is 1. The standard InChI is InChI=1S/C16H22N2O3/c1-10(2)6-14(16(20)21-3)18-15(19)11-4-5-12-8-17-9-13(12)7-11/h4-5,7,10,14,17H,6,8-9H2,1-3H3,(H,18,19). The summed E-state index contributed by atoms with van der Waals surface area (Å²) in [4.78, 5) is 24.1. The SMILES string of the molecule is COC(=O)C(CC(C)C)NC(=O)c1ccc2c(c1)CNC2. The summed E-state index contributed by atoms with van der Waals surface area (Å²) in [7, 11) is 1.34. The van der Waals surface area contributed by atoms with Gasteiger partial charge in [0.2, 0.25) is 0 Å². The fourth-order valence-corrected chi connectivity index (χ4v) is 2.51. The van der Waals surface area contributed by atoms with Gasteiger partial charge >= 0.3 is 5.97 Å². The molecule has 0 spiro atoms. The van der Waals surface area contributed by atoms with Gasteiger partial charge in [-0.15, -0.1) is 0 Å². The minimum absolute atomic E-state index is 0.235. The van der Waals surface area contributed by atoms with Gasteiger partial charge in [0.25, 0.3) is 5.91 Å². The number of benzene rings is 1. The topological polar surface area (TPSA) is 67.4 Å². The molecule has 0 saturated carbocycles. The summed E-state index contributed by atoms with van der Waals surface area (Å²) in [5.41, 5.74) is 2.94. The van der Waals surface area contributed by atoms with Crippen molar-refractivity contribution in [2.75, 3.05) is 7.11 Å². The lowest BCUT2D eigenvalue weighted by Gasteiger charge is -2.18. The molecule has 1 aliphatic rings. The number of ether oxygens (including phenoxy) is 1. The Bertz CT molecular complexity index is 540. The van der Waals surface area contributed by atoms with Crippen molar-refractivity contribution in [1.29, 1.82) is 0 Å². The molecule has 0 aliphatic carbocycles. The molecule has 21 heavy (non-hydrogen) atoms. The van der Waals surface area contributed by atoms with Crippen LogP contribution in [0.4, 0.5) is 0 Å². The average molecular weight is 290 g/mol. The second-order valence-electron chi connectivity index (χ2n) is 5.77. The van der Waals surface area contributed by atoms with Crippen molar-refractivity contribution < 1.29 is 14.3 Å². The van der Waals surface area contributed by atoms with Gasteiger partial charge in [-0.2, -0.15) is 0 Å². The zero-order valence-corrected chi connectivity index (χ0v) is 12.7. The van der Waals surface area contributed by atoms with E-state index in [-0.39, 0.29) is 5.91 Å². The predicted molar refractivity (Wildman–Crippen MR) is 79.7 cm³/mol.